The molecule has 0 spiro atoms. The summed E-state index contributed by atoms with van der Waals surface area (Å²) in [5.74, 6) is 0.0221. The number of aromatic nitrogens is 1. The highest BCUT2D eigenvalue weighted by Gasteiger charge is 2.21. The van der Waals surface area contributed by atoms with Crippen LogP contribution >= 0.6 is 15.9 Å². The maximum absolute atomic E-state index is 12.3. The summed E-state index contributed by atoms with van der Waals surface area (Å²) in [6.07, 6.45) is 8.07. The van der Waals surface area contributed by atoms with Crippen molar-refractivity contribution in [1.82, 2.24) is 4.98 Å². The Morgan fingerprint density at radius 2 is 1.95 bits per heavy atom. The van der Waals surface area contributed by atoms with Crippen molar-refractivity contribution in [2.24, 2.45) is 5.92 Å². The van der Waals surface area contributed by atoms with Crippen LogP contribution in [0, 0.1) is 12.8 Å². The lowest BCUT2D eigenvalue weighted by Gasteiger charge is -2.15. The number of anilines is 1. The Morgan fingerprint density at radius 3 is 2.58 bits per heavy atom. The molecule has 1 aromatic rings. The van der Waals surface area contributed by atoms with Gasteiger partial charge in [0.25, 0.3) is 5.56 Å². The standard InChI is InChI=1S/C14H19BrN2O2/c1-9-11(15)8-16-14(19)12(9)17-13(18)10-6-4-2-3-5-7-10/h8,10H,2-7H2,1H3,(H,16,19)(H,17,18). The van der Waals surface area contributed by atoms with Gasteiger partial charge in [-0.15, -0.1) is 0 Å². The van der Waals surface area contributed by atoms with Gasteiger partial charge in [-0.25, -0.2) is 0 Å². The lowest BCUT2D eigenvalue weighted by atomic mass is 9.99. The van der Waals surface area contributed by atoms with Crippen LogP contribution < -0.4 is 10.9 Å². The van der Waals surface area contributed by atoms with E-state index in [9.17, 15) is 9.59 Å². The highest BCUT2D eigenvalue weighted by atomic mass is 79.9. The van der Waals surface area contributed by atoms with Crippen LogP contribution in [0.4, 0.5) is 5.69 Å². The number of pyridine rings is 1. The van der Waals surface area contributed by atoms with Gasteiger partial charge < -0.3 is 10.3 Å². The van der Waals surface area contributed by atoms with E-state index in [1.807, 2.05) is 6.92 Å². The summed E-state index contributed by atoms with van der Waals surface area (Å²) >= 11 is 3.36. The summed E-state index contributed by atoms with van der Waals surface area (Å²) in [7, 11) is 0. The van der Waals surface area contributed by atoms with Crippen LogP contribution in [0.25, 0.3) is 0 Å². The van der Waals surface area contributed by atoms with Crippen molar-refractivity contribution in [3.05, 3.63) is 26.6 Å². The summed E-state index contributed by atoms with van der Waals surface area (Å²) in [6.45, 7) is 1.82. The van der Waals surface area contributed by atoms with Gasteiger partial charge in [-0.05, 0) is 41.3 Å². The number of carbonyl (C=O) groups is 1. The molecule has 1 aliphatic carbocycles. The molecular weight excluding hydrogens is 308 g/mol. The molecule has 104 valence electrons. The van der Waals surface area contributed by atoms with Gasteiger partial charge in [0, 0.05) is 16.6 Å². The minimum atomic E-state index is -0.248. The summed E-state index contributed by atoms with van der Waals surface area (Å²) in [5.41, 5.74) is 0.886. The number of nitrogens with one attached hydrogen (secondary N) is 2. The molecule has 0 unspecified atom stereocenters. The van der Waals surface area contributed by atoms with Crippen molar-refractivity contribution in [3.8, 4) is 0 Å². The van der Waals surface area contributed by atoms with Gasteiger partial charge in [0.15, 0.2) is 0 Å². The average molecular weight is 327 g/mol. The van der Waals surface area contributed by atoms with Crippen molar-refractivity contribution in [2.45, 2.75) is 45.4 Å². The Balaban J connectivity index is 2.14. The molecule has 4 nitrogen and oxygen atoms in total. The first-order valence-electron chi connectivity index (χ1n) is 6.78. The van der Waals surface area contributed by atoms with E-state index in [1.165, 1.54) is 12.8 Å². The molecule has 2 rings (SSSR count). The molecule has 1 amide bonds. The van der Waals surface area contributed by atoms with Crippen molar-refractivity contribution in [3.63, 3.8) is 0 Å². The predicted molar refractivity (Wildman–Crippen MR) is 79.3 cm³/mol. The topological polar surface area (TPSA) is 62.0 Å². The third-order valence-electron chi connectivity index (χ3n) is 3.76. The van der Waals surface area contributed by atoms with E-state index in [4.69, 9.17) is 0 Å². The number of hydrogen-bond donors (Lipinski definition) is 2. The highest BCUT2D eigenvalue weighted by molar-refractivity contribution is 9.10. The fourth-order valence-corrected chi connectivity index (χ4v) is 2.83. The maximum Gasteiger partial charge on any atom is 0.272 e. The van der Waals surface area contributed by atoms with Crippen LogP contribution in [0.2, 0.25) is 0 Å². The third kappa shape index (κ3) is 3.47. The molecule has 0 aromatic carbocycles. The van der Waals surface area contributed by atoms with Gasteiger partial charge in [0.2, 0.25) is 5.91 Å². The summed E-state index contributed by atoms with van der Waals surface area (Å²) < 4.78 is 0.795. The second-order valence-electron chi connectivity index (χ2n) is 5.14. The van der Waals surface area contributed by atoms with Crippen LogP contribution in [0.1, 0.15) is 44.1 Å². The van der Waals surface area contributed by atoms with Gasteiger partial charge in [0.05, 0.1) is 0 Å². The predicted octanol–water partition coefficient (Wildman–Crippen LogP) is 3.35. The first kappa shape index (κ1) is 14.3. The molecule has 1 aromatic heterocycles. The fourth-order valence-electron chi connectivity index (χ4n) is 2.52. The molecule has 0 atom stereocenters. The number of H-pyrrole nitrogens is 1. The largest absolute Gasteiger partial charge is 0.326 e. The second kappa shape index (κ2) is 6.37. The normalized spacial score (nSPS) is 16.9. The Bertz CT molecular complexity index is 517. The van der Waals surface area contributed by atoms with Gasteiger partial charge >= 0.3 is 0 Å². The number of aromatic amines is 1. The first-order chi connectivity index (χ1) is 9.09. The van der Waals surface area contributed by atoms with E-state index in [0.717, 1.165) is 35.7 Å². The van der Waals surface area contributed by atoms with E-state index in [1.54, 1.807) is 6.20 Å². The molecule has 0 bridgehead atoms. The molecule has 5 heteroatoms. The lowest BCUT2D eigenvalue weighted by Crippen LogP contribution is -2.27. The number of halogens is 1. The SMILES string of the molecule is Cc1c(Br)c[nH]c(=O)c1NC(=O)C1CCCCCC1. The Kier molecular flexibility index (Phi) is 4.80. The molecular formula is C14H19BrN2O2. The Hall–Kier alpha value is -1.10. The third-order valence-corrected chi connectivity index (χ3v) is 4.59. The number of amides is 1. The molecule has 0 saturated heterocycles. The number of rotatable bonds is 2. The van der Waals surface area contributed by atoms with Gasteiger partial charge in [-0.1, -0.05) is 25.7 Å². The first-order valence-corrected chi connectivity index (χ1v) is 7.57. The number of hydrogen-bond acceptors (Lipinski definition) is 2. The van der Waals surface area contributed by atoms with E-state index in [0.29, 0.717) is 5.69 Å². The zero-order valence-corrected chi connectivity index (χ0v) is 12.7. The minimum absolute atomic E-state index is 0.0198. The molecule has 19 heavy (non-hydrogen) atoms. The van der Waals surface area contributed by atoms with Crippen LogP contribution in [-0.2, 0) is 4.79 Å². The average Bonchev–Trinajstić information content (AvgIpc) is 2.68. The maximum atomic E-state index is 12.3. The van der Waals surface area contributed by atoms with Crippen LogP contribution in [0.3, 0.4) is 0 Å². The van der Waals surface area contributed by atoms with Crippen molar-refractivity contribution in [1.29, 1.82) is 0 Å². The Labute approximate surface area is 121 Å². The summed E-state index contributed by atoms with van der Waals surface area (Å²) in [4.78, 5) is 26.7. The Morgan fingerprint density at radius 1 is 1.32 bits per heavy atom. The zero-order chi connectivity index (χ0) is 13.8. The van der Waals surface area contributed by atoms with E-state index >= 15 is 0 Å². The van der Waals surface area contributed by atoms with Gasteiger partial charge in [0.1, 0.15) is 5.69 Å². The lowest BCUT2D eigenvalue weighted by molar-refractivity contribution is -0.120. The van der Waals surface area contributed by atoms with Crippen LogP contribution in [0.15, 0.2) is 15.5 Å². The second-order valence-corrected chi connectivity index (χ2v) is 6.00. The summed E-state index contributed by atoms with van der Waals surface area (Å²) in [6, 6.07) is 0. The molecule has 0 radical (unpaired) electrons. The minimum Gasteiger partial charge on any atom is -0.326 e. The van der Waals surface area contributed by atoms with Crippen LogP contribution in [0.5, 0.6) is 0 Å². The van der Waals surface area contributed by atoms with Crippen LogP contribution in [-0.4, -0.2) is 10.9 Å². The smallest absolute Gasteiger partial charge is 0.272 e. The fraction of sp³-hybridized carbons (Fsp3) is 0.571. The monoisotopic (exact) mass is 326 g/mol. The quantitative estimate of drug-likeness (QED) is 0.818. The molecule has 2 N–H and O–H groups in total. The number of carbonyl (C=O) groups excluding carboxylic acids is 1. The van der Waals surface area contributed by atoms with Gasteiger partial charge in [-0.3, -0.25) is 9.59 Å². The van der Waals surface area contributed by atoms with Gasteiger partial charge in [-0.2, -0.15) is 0 Å². The summed E-state index contributed by atoms with van der Waals surface area (Å²) in [5, 5.41) is 2.80. The molecule has 0 aliphatic heterocycles. The molecule has 1 aliphatic rings. The van der Waals surface area contributed by atoms with Crippen molar-refractivity contribution < 1.29 is 4.79 Å². The zero-order valence-electron chi connectivity index (χ0n) is 11.1. The molecule has 1 fully saturated rings. The van der Waals surface area contributed by atoms with E-state index < -0.39 is 0 Å². The van der Waals surface area contributed by atoms with Crippen molar-refractivity contribution in [2.75, 3.05) is 5.32 Å². The van der Waals surface area contributed by atoms with E-state index in [-0.39, 0.29) is 17.4 Å². The highest BCUT2D eigenvalue weighted by Crippen LogP contribution is 2.25. The van der Waals surface area contributed by atoms with E-state index in [2.05, 4.69) is 26.2 Å². The molecule has 1 heterocycles. The molecule has 1 saturated carbocycles. The van der Waals surface area contributed by atoms with Crippen molar-refractivity contribution >= 4 is 27.5 Å².